The Morgan fingerprint density at radius 1 is 1.44 bits per heavy atom. The Kier molecular flexibility index (Phi) is 4.22. The molecular weight excluding hydrogens is 299 g/mol. The van der Waals surface area contributed by atoms with Crippen molar-refractivity contribution in [3.05, 3.63) is 24.0 Å². The van der Waals surface area contributed by atoms with E-state index >= 15 is 0 Å². The second-order valence-corrected chi connectivity index (χ2v) is 5.84. The molecule has 18 heavy (non-hydrogen) atoms. The maximum atomic E-state index is 13.9. The van der Waals surface area contributed by atoms with E-state index in [2.05, 4.69) is 21.2 Å². The molecule has 1 aliphatic rings. The van der Waals surface area contributed by atoms with E-state index in [1.807, 2.05) is 4.90 Å². The van der Waals surface area contributed by atoms with E-state index in [1.165, 1.54) is 6.07 Å². The van der Waals surface area contributed by atoms with Crippen molar-refractivity contribution in [2.24, 2.45) is 0 Å². The number of alkyl halides is 1. The van der Waals surface area contributed by atoms with Gasteiger partial charge in [0.2, 0.25) is 5.91 Å². The number of amides is 1. The normalized spacial score (nSPS) is 16.7. The molecule has 1 heterocycles. The van der Waals surface area contributed by atoms with Crippen LogP contribution in [0.4, 0.5) is 15.8 Å². The van der Waals surface area contributed by atoms with Gasteiger partial charge in [0.15, 0.2) is 0 Å². The third-order valence-corrected chi connectivity index (χ3v) is 3.44. The minimum absolute atomic E-state index is 0.177. The molecule has 0 aromatic heterocycles. The molecule has 1 saturated heterocycles. The molecule has 1 atom stereocenters. The number of carbonyl (C=O) groups excluding carboxylic acids is 1. The molecule has 98 valence electrons. The first-order valence-corrected chi connectivity index (χ1v) is 6.99. The van der Waals surface area contributed by atoms with E-state index in [9.17, 15) is 9.18 Å². The molecule has 1 aromatic carbocycles. The summed E-state index contributed by atoms with van der Waals surface area (Å²) in [5.74, 6) is -0.458. The maximum Gasteiger partial charge on any atom is 0.237 e. The van der Waals surface area contributed by atoms with Gasteiger partial charge >= 0.3 is 0 Å². The summed E-state index contributed by atoms with van der Waals surface area (Å²) in [6.07, 6.45) is 2.22. The highest BCUT2D eigenvalue weighted by Gasteiger charge is 2.17. The Bertz CT molecular complexity index is 445. The lowest BCUT2D eigenvalue weighted by Gasteiger charge is -2.19. The zero-order valence-electron chi connectivity index (χ0n) is 10.2. The summed E-state index contributed by atoms with van der Waals surface area (Å²) in [6, 6.07) is 4.85. The predicted octanol–water partition coefficient (Wildman–Crippen LogP) is 3.15. The molecule has 5 heteroatoms. The number of nitrogens with zero attached hydrogens (tertiary/aromatic N) is 1. The van der Waals surface area contributed by atoms with Crippen LogP contribution in [0.1, 0.15) is 19.8 Å². The van der Waals surface area contributed by atoms with Crippen LogP contribution >= 0.6 is 15.9 Å². The summed E-state index contributed by atoms with van der Waals surface area (Å²) in [7, 11) is 0. The second-order valence-electron chi connectivity index (χ2n) is 4.47. The largest absolute Gasteiger partial charge is 0.369 e. The van der Waals surface area contributed by atoms with Gasteiger partial charge in [0.05, 0.1) is 10.5 Å². The van der Waals surface area contributed by atoms with Crippen LogP contribution in [0, 0.1) is 5.82 Å². The van der Waals surface area contributed by atoms with E-state index in [0.29, 0.717) is 11.4 Å². The summed E-state index contributed by atoms with van der Waals surface area (Å²) >= 11 is 3.17. The van der Waals surface area contributed by atoms with Crippen LogP contribution in [0.15, 0.2) is 18.2 Å². The third kappa shape index (κ3) is 3.02. The molecule has 0 radical (unpaired) electrons. The Morgan fingerprint density at radius 2 is 2.11 bits per heavy atom. The molecule has 1 unspecified atom stereocenters. The fourth-order valence-corrected chi connectivity index (χ4v) is 2.16. The highest BCUT2D eigenvalue weighted by molar-refractivity contribution is 9.10. The molecule has 1 N–H and O–H groups in total. The molecule has 1 amide bonds. The standard InChI is InChI=1S/C13H16BrFN2O/c1-9(14)13(18)16-10-4-5-12(11(15)8-10)17-6-2-3-7-17/h4-5,8-9H,2-3,6-7H2,1H3,(H,16,18). The minimum Gasteiger partial charge on any atom is -0.369 e. The van der Waals surface area contributed by atoms with E-state index in [1.54, 1.807) is 19.1 Å². The first-order valence-electron chi connectivity index (χ1n) is 6.07. The van der Waals surface area contributed by atoms with Crippen molar-refractivity contribution in [3.8, 4) is 0 Å². The van der Waals surface area contributed by atoms with Gasteiger partial charge in [-0.3, -0.25) is 4.79 Å². The number of rotatable bonds is 3. The maximum absolute atomic E-state index is 13.9. The predicted molar refractivity (Wildman–Crippen MR) is 74.9 cm³/mol. The SMILES string of the molecule is CC(Br)C(=O)Nc1ccc(N2CCCC2)c(F)c1. The number of hydrogen-bond donors (Lipinski definition) is 1. The van der Waals surface area contributed by atoms with Crippen molar-refractivity contribution in [1.29, 1.82) is 0 Å². The lowest BCUT2D eigenvalue weighted by molar-refractivity contribution is -0.115. The van der Waals surface area contributed by atoms with Gasteiger partial charge in [-0.25, -0.2) is 4.39 Å². The fraction of sp³-hybridized carbons (Fsp3) is 0.462. The van der Waals surface area contributed by atoms with Crippen LogP contribution in [0.5, 0.6) is 0 Å². The number of benzene rings is 1. The molecular formula is C13H16BrFN2O. The summed E-state index contributed by atoms with van der Waals surface area (Å²) in [4.78, 5) is 13.2. The Balaban J connectivity index is 2.11. The molecule has 2 rings (SSSR count). The van der Waals surface area contributed by atoms with Crippen LogP contribution in [0.3, 0.4) is 0 Å². The third-order valence-electron chi connectivity index (χ3n) is 3.02. The molecule has 1 aliphatic heterocycles. The van der Waals surface area contributed by atoms with Gasteiger partial charge in [-0.1, -0.05) is 15.9 Å². The van der Waals surface area contributed by atoms with E-state index in [0.717, 1.165) is 25.9 Å². The Hall–Kier alpha value is -1.10. The first-order chi connectivity index (χ1) is 8.58. The minimum atomic E-state index is -0.293. The van der Waals surface area contributed by atoms with Crippen molar-refractivity contribution in [1.82, 2.24) is 0 Å². The van der Waals surface area contributed by atoms with Gasteiger partial charge in [-0.2, -0.15) is 0 Å². The van der Waals surface area contributed by atoms with Crippen LogP contribution < -0.4 is 10.2 Å². The number of halogens is 2. The number of nitrogens with one attached hydrogen (secondary N) is 1. The monoisotopic (exact) mass is 314 g/mol. The van der Waals surface area contributed by atoms with Gasteiger partial charge in [0, 0.05) is 18.8 Å². The Labute approximate surface area is 114 Å². The summed E-state index contributed by atoms with van der Waals surface area (Å²) in [5, 5.41) is 2.66. The topological polar surface area (TPSA) is 32.3 Å². The zero-order chi connectivity index (χ0) is 13.1. The summed E-state index contributed by atoms with van der Waals surface area (Å²) < 4.78 is 13.9. The van der Waals surface area contributed by atoms with Crippen LogP contribution in [-0.4, -0.2) is 23.8 Å². The van der Waals surface area contributed by atoms with Crippen LogP contribution in [0.25, 0.3) is 0 Å². The highest BCUT2D eigenvalue weighted by atomic mass is 79.9. The van der Waals surface area contributed by atoms with Gasteiger partial charge < -0.3 is 10.2 Å². The van der Waals surface area contributed by atoms with E-state index in [4.69, 9.17) is 0 Å². The molecule has 0 aliphatic carbocycles. The molecule has 0 spiro atoms. The van der Waals surface area contributed by atoms with Gasteiger partial charge in [-0.05, 0) is 38.0 Å². The number of carbonyl (C=O) groups is 1. The van der Waals surface area contributed by atoms with Crippen molar-refractivity contribution >= 4 is 33.2 Å². The zero-order valence-corrected chi connectivity index (χ0v) is 11.8. The molecule has 0 bridgehead atoms. The molecule has 1 fully saturated rings. The highest BCUT2D eigenvalue weighted by Crippen LogP contribution is 2.26. The van der Waals surface area contributed by atoms with Crippen molar-refractivity contribution in [2.75, 3.05) is 23.3 Å². The van der Waals surface area contributed by atoms with Crippen molar-refractivity contribution in [3.63, 3.8) is 0 Å². The summed E-state index contributed by atoms with van der Waals surface area (Å²) in [5.41, 5.74) is 1.11. The average molecular weight is 315 g/mol. The first kappa shape index (κ1) is 13.3. The van der Waals surface area contributed by atoms with Crippen molar-refractivity contribution < 1.29 is 9.18 Å². The number of anilines is 2. The number of hydrogen-bond acceptors (Lipinski definition) is 2. The Morgan fingerprint density at radius 3 is 2.67 bits per heavy atom. The average Bonchev–Trinajstić information content (AvgIpc) is 2.82. The molecule has 3 nitrogen and oxygen atoms in total. The van der Waals surface area contributed by atoms with Gasteiger partial charge in [-0.15, -0.1) is 0 Å². The van der Waals surface area contributed by atoms with Gasteiger partial charge in [0.1, 0.15) is 5.82 Å². The van der Waals surface area contributed by atoms with E-state index in [-0.39, 0.29) is 16.6 Å². The lowest BCUT2D eigenvalue weighted by Crippen LogP contribution is -2.21. The quantitative estimate of drug-likeness (QED) is 0.869. The van der Waals surface area contributed by atoms with Crippen LogP contribution in [0.2, 0.25) is 0 Å². The van der Waals surface area contributed by atoms with Crippen molar-refractivity contribution in [2.45, 2.75) is 24.6 Å². The second kappa shape index (κ2) is 5.69. The smallest absolute Gasteiger partial charge is 0.237 e. The van der Waals surface area contributed by atoms with Crippen LogP contribution in [-0.2, 0) is 4.79 Å². The summed E-state index contributed by atoms with van der Waals surface area (Å²) in [6.45, 7) is 3.53. The fourth-order valence-electron chi connectivity index (χ4n) is 2.04. The van der Waals surface area contributed by atoms with E-state index < -0.39 is 0 Å². The van der Waals surface area contributed by atoms with Gasteiger partial charge in [0.25, 0.3) is 0 Å². The lowest BCUT2D eigenvalue weighted by atomic mass is 10.2. The molecule has 1 aromatic rings. The molecule has 0 saturated carbocycles.